The van der Waals surface area contributed by atoms with Gasteiger partial charge in [0.15, 0.2) is 5.13 Å². The number of hydrogen-bond acceptors (Lipinski definition) is 5. The number of pyridine rings is 1. The molecule has 4 rings (SSSR count). The minimum atomic E-state index is -0.104. The molecule has 164 valence electrons. The van der Waals surface area contributed by atoms with Crippen molar-refractivity contribution in [1.82, 2.24) is 9.97 Å². The van der Waals surface area contributed by atoms with E-state index in [2.05, 4.69) is 31.0 Å². The molecule has 0 aliphatic heterocycles. The zero-order chi connectivity index (χ0) is 22.3. The molecule has 32 heavy (non-hydrogen) atoms. The third-order valence-electron chi connectivity index (χ3n) is 5.26. The van der Waals surface area contributed by atoms with Crippen LogP contribution in [0.5, 0.6) is 5.75 Å². The van der Waals surface area contributed by atoms with E-state index in [4.69, 9.17) is 9.72 Å². The van der Waals surface area contributed by atoms with Gasteiger partial charge in [-0.1, -0.05) is 49.8 Å². The Balaban J connectivity index is 1.66. The summed E-state index contributed by atoms with van der Waals surface area (Å²) in [7, 11) is 0. The van der Waals surface area contributed by atoms with E-state index < -0.39 is 0 Å². The zero-order valence-corrected chi connectivity index (χ0v) is 19.3. The largest absolute Gasteiger partial charge is 0.494 e. The van der Waals surface area contributed by atoms with Crippen LogP contribution in [0.4, 0.5) is 5.13 Å². The lowest BCUT2D eigenvalue weighted by atomic mass is 10.1. The topological polar surface area (TPSA) is 55.3 Å². The summed E-state index contributed by atoms with van der Waals surface area (Å²) in [6.07, 6.45) is 4.74. The number of amides is 1. The molecule has 1 amide bonds. The highest BCUT2D eigenvalue weighted by atomic mass is 32.1. The average Bonchev–Trinajstić information content (AvgIpc) is 3.27. The van der Waals surface area contributed by atoms with Crippen LogP contribution in [0, 0.1) is 0 Å². The van der Waals surface area contributed by atoms with E-state index >= 15 is 0 Å². The molecule has 2 heterocycles. The molecule has 0 aliphatic rings. The van der Waals surface area contributed by atoms with Gasteiger partial charge in [0.25, 0.3) is 5.91 Å². The van der Waals surface area contributed by atoms with Crippen LogP contribution in [-0.2, 0) is 13.0 Å². The molecule has 2 aromatic carbocycles. The summed E-state index contributed by atoms with van der Waals surface area (Å²) in [5.41, 5.74) is 3.56. The monoisotopic (exact) mass is 445 g/mol. The van der Waals surface area contributed by atoms with E-state index in [1.54, 1.807) is 11.1 Å². The minimum Gasteiger partial charge on any atom is -0.494 e. The van der Waals surface area contributed by atoms with Crippen LogP contribution in [0.25, 0.3) is 10.2 Å². The van der Waals surface area contributed by atoms with Gasteiger partial charge in [-0.05, 0) is 60.9 Å². The first-order chi connectivity index (χ1) is 15.7. The number of hydrogen-bond donors (Lipinski definition) is 0. The van der Waals surface area contributed by atoms with Crippen LogP contribution in [-0.4, -0.2) is 22.5 Å². The summed E-state index contributed by atoms with van der Waals surface area (Å²) in [4.78, 5) is 24.6. The maximum Gasteiger partial charge on any atom is 0.260 e. The van der Waals surface area contributed by atoms with Gasteiger partial charge in [0.2, 0.25) is 0 Å². The number of benzene rings is 2. The molecule has 0 N–H and O–H groups in total. The molecular weight excluding hydrogens is 418 g/mol. The summed E-state index contributed by atoms with van der Waals surface area (Å²) in [5.74, 6) is 0.673. The molecule has 5 nitrogen and oxygen atoms in total. The smallest absolute Gasteiger partial charge is 0.260 e. The third-order valence-corrected chi connectivity index (χ3v) is 6.31. The molecule has 6 heteroatoms. The highest BCUT2D eigenvalue weighted by molar-refractivity contribution is 7.22. The van der Waals surface area contributed by atoms with Crippen molar-refractivity contribution in [1.29, 1.82) is 0 Å². The molecule has 0 saturated carbocycles. The molecular formula is C26H27N3O2S. The SMILES string of the molecule is CCCCOc1ccc(C(=O)N(Cc2ccccn2)c2nc3c(CC)cccc3s2)cc1. The van der Waals surface area contributed by atoms with Crippen molar-refractivity contribution in [2.45, 2.75) is 39.7 Å². The predicted molar refractivity (Wildman–Crippen MR) is 131 cm³/mol. The second-order valence-electron chi connectivity index (χ2n) is 7.55. The number of aryl methyl sites for hydroxylation is 1. The summed E-state index contributed by atoms with van der Waals surface area (Å²) in [6, 6.07) is 19.3. The summed E-state index contributed by atoms with van der Waals surface area (Å²) in [5, 5.41) is 0.680. The Morgan fingerprint density at radius 3 is 2.59 bits per heavy atom. The Hall–Kier alpha value is -3.25. The fraction of sp³-hybridized carbons (Fsp3) is 0.269. The van der Waals surface area contributed by atoms with E-state index in [1.807, 2.05) is 48.5 Å². The lowest BCUT2D eigenvalue weighted by Crippen LogP contribution is -2.30. The van der Waals surface area contributed by atoms with Crippen molar-refractivity contribution < 1.29 is 9.53 Å². The van der Waals surface area contributed by atoms with Gasteiger partial charge in [-0.25, -0.2) is 4.98 Å². The standard InChI is InChI=1S/C26H27N3O2S/c1-3-5-17-31-22-14-12-20(13-15-22)25(30)29(18-21-10-6-7-16-27-21)26-28-24-19(4-2)9-8-11-23(24)32-26/h6-16H,3-5,17-18H2,1-2H3. The molecule has 0 saturated heterocycles. The first kappa shape index (κ1) is 22.0. The van der Waals surface area contributed by atoms with Gasteiger partial charge in [-0.2, -0.15) is 0 Å². The van der Waals surface area contributed by atoms with Crippen molar-refractivity contribution in [3.05, 3.63) is 83.7 Å². The Kier molecular flexibility index (Phi) is 7.12. The fourth-order valence-corrected chi connectivity index (χ4v) is 4.47. The fourth-order valence-electron chi connectivity index (χ4n) is 3.46. The Morgan fingerprint density at radius 2 is 1.88 bits per heavy atom. The van der Waals surface area contributed by atoms with Crippen LogP contribution in [0.15, 0.2) is 66.9 Å². The Morgan fingerprint density at radius 1 is 1.03 bits per heavy atom. The molecule has 2 aromatic heterocycles. The summed E-state index contributed by atoms with van der Waals surface area (Å²) >= 11 is 1.54. The van der Waals surface area contributed by atoms with Gasteiger partial charge < -0.3 is 4.74 Å². The Bertz CT molecular complexity index is 1170. The number of thiazole rings is 1. The lowest BCUT2D eigenvalue weighted by molar-refractivity contribution is 0.0985. The van der Waals surface area contributed by atoms with Gasteiger partial charge in [0, 0.05) is 11.8 Å². The Labute approximate surface area is 192 Å². The summed E-state index contributed by atoms with van der Waals surface area (Å²) < 4.78 is 6.82. The molecule has 0 atom stereocenters. The number of rotatable bonds is 9. The van der Waals surface area contributed by atoms with E-state index in [-0.39, 0.29) is 5.91 Å². The molecule has 0 unspecified atom stereocenters. The van der Waals surface area contributed by atoms with Crippen LogP contribution in [0.1, 0.15) is 48.3 Å². The average molecular weight is 446 g/mol. The van der Waals surface area contributed by atoms with Crippen LogP contribution in [0.3, 0.4) is 0 Å². The lowest BCUT2D eigenvalue weighted by Gasteiger charge is -2.20. The third kappa shape index (κ3) is 4.97. The van der Waals surface area contributed by atoms with E-state index in [0.29, 0.717) is 23.8 Å². The van der Waals surface area contributed by atoms with Crippen LogP contribution < -0.4 is 9.64 Å². The number of unbranched alkanes of at least 4 members (excludes halogenated alkanes) is 1. The number of para-hydroxylation sites is 1. The highest BCUT2D eigenvalue weighted by Crippen LogP contribution is 2.32. The molecule has 4 aromatic rings. The minimum absolute atomic E-state index is 0.104. The van der Waals surface area contributed by atoms with Crippen molar-refractivity contribution >= 4 is 32.6 Å². The van der Waals surface area contributed by atoms with Gasteiger partial charge in [0.05, 0.1) is 29.1 Å². The van der Waals surface area contributed by atoms with Crippen molar-refractivity contribution in [3.63, 3.8) is 0 Å². The maximum absolute atomic E-state index is 13.6. The van der Waals surface area contributed by atoms with Crippen LogP contribution in [0.2, 0.25) is 0 Å². The van der Waals surface area contributed by atoms with Crippen LogP contribution >= 0.6 is 11.3 Å². The molecule has 0 radical (unpaired) electrons. The number of aromatic nitrogens is 2. The molecule has 0 aliphatic carbocycles. The second kappa shape index (κ2) is 10.4. The van der Waals surface area contributed by atoms with Gasteiger partial charge in [-0.3, -0.25) is 14.7 Å². The molecule has 0 bridgehead atoms. The van der Waals surface area contributed by atoms with Gasteiger partial charge in [0.1, 0.15) is 5.75 Å². The predicted octanol–water partition coefficient (Wildman–Crippen LogP) is 6.28. The van der Waals surface area contributed by atoms with Gasteiger partial charge >= 0.3 is 0 Å². The number of ether oxygens (including phenoxy) is 1. The van der Waals surface area contributed by atoms with Crippen molar-refractivity contribution in [3.8, 4) is 5.75 Å². The normalized spacial score (nSPS) is 10.9. The first-order valence-electron chi connectivity index (χ1n) is 11.0. The maximum atomic E-state index is 13.6. The highest BCUT2D eigenvalue weighted by Gasteiger charge is 2.23. The van der Waals surface area contributed by atoms with E-state index in [0.717, 1.165) is 40.9 Å². The summed E-state index contributed by atoms with van der Waals surface area (Å²) in [6.45, 7) is 5.29. The number of carbonyl (C=O) groups excluding carboxylic acids is 1. The molecule has 0 fully saturated rings. The number of anilines is 1. The number of carbonyl (C=O) groups is 1. The first-order valence-corrected chi connectivity index (χ1v) is 11.8. The number of nitrogens with zero attached hydrogens (tertiary/aromatic N) is 3. The van der Waals surface area contributed by atoms with Gasteiger partial charge in [-0.15, -0.1) is 0 Å². The second-order valence-corrected chi connectivity index (χ2v) is 8.56. The van der Waals surface area contributed by atoms with Crippen molar-refractivity contribution in [2.24, 2.45) is 0 Å². The van der Waals surface area contributed by atoms with E-state index in [1.165, 1.54) is 16.9 Å². The molecule has 0 spiro atoms. The van der Waals surface area contributed by atoms with E-state index in [9.17, 15) is 4.79 Å². The zero-order valence-electron chi connectivity index (χ0n) is 18.5. The van der Waals surface area contributed by atoms with Crippen molar-refractivity contribution in [2.75, 3.05) is 11.5 Å². The quantitative estimate of drug-likeness (QED) is 0.285. The number of fused-ring (bicyclic) bond motifs is 1.